The van der Waals surface area contributed by atoms with E-state index in [0.717, 1.165) is 19.0 Å². The van der Waals surface area contributed by atoms with Gasteiger partial charge >= 0.3 is 0 Å². The lowest BCUT2D eigenvalue weighted by Gasteiger charge is -2.11. The zero-order valence-corrected chi connectivity index (χ0v) is 12.1. The summed E-state index contributed by atoms with van der Waals surface area (Å²) >= 11 is 1.81. The number of aliphatic imine (C=N–C) groups is 1. The first-order chi connectivity index (χ1) is 9.28. The Bertz CT molecular complexity index is 531. The van der Waals surface area contributed by atoms with E-state index in [0.29, 0.717) is 0 Å². The number of guanidine groups is 1. The molecule has 0 saturated carbocycles. The van der Waals surface area contributed by atoms with Gasteiger partial charge in [0.2, 0.25) is 0 Å². The molecule has 0 bridgehead atoms. The second-order valence-corrected chi connectivity index (χ2v) is 5.65. The molecule has 1 aromatic heterocycles. The van der Waals surface area contributed by atoms with Crippen LogP contribution in [0.2, 0.25) is 0 Å². The Labute approximate surface area is 118 Å². The number of aryl methyl sites for hydroxylation is 1. The molecular weight excluding hydrogens is 254 g/mol. The van der Waals surface area contributed by atoms with Crippen molar-refractivity contribution in [2.24, 2.45) is 4.99 Å². The van der Waals surface area contributed by atoms with Gasteiger partial charge in [-0.25, -0.2) is 0 Å². The van der Waals surface area contributed by atoms with Crippen molar-refractivity contribution in [3.8, 4) is 0 Å². The molecule has 4 heteroatoms. The van der Waals surface area contributed by atoms with Crippen molar-refractivity contribution in [1.82, 2.24) is 10.6 Å². The van der Waals surface area contributed by atoms with Gasteiger partial charge in [0.1, 0.15) is 0 Å². The summed E-state index contributed by atoms with van der Waals surface area (Å²) in [5.74, 6) is 0.829. The Balaban J connectivity index is 1.81. The van der Waals surface area contributed by atoms with Gasteiger partial charge in [0.25, 0.3) is 0 Å². The lowest BCUT2D eigenvalue weighted by Crippen LogP contribution is -2.36. The molecule has 0 amide bonds. The Kier molecular flexibility index (Phi) is 4.98. The fourth-order valence-electron chi connectivity index (χ4n) is 1.75. The molecule has 1 heterocycles. The van der Waals surface area contributed by atoms with E-state index in [2.05, 4.69) is 46.8 Å². The molecule has 0 radical (unpaired) electrons. The van der Waals surface area contributed by atoms with E-state index >= 15 is 0 Å². The third-order valence-electron chi connectivity index (χ3n) is 2.75. The molecule has 0 fully saturated rings. The van der Waals surface area contributed by atoms with Crippen molar-refractivity contribution in [3.63, 3.8) is 0 Å². The maximum absolute atomic E-state index is 4.22. The van der Waals surface area contributed by atoms with Crippen molar-refractivity contribution >= 4 is 17.3 Å². The van der Waals surface area contributed by atoms with E-state index in [-0.39, 0.29) is 0 Å². The van der Waals surface area contributed by atoms with Gasteiger partial charge in [-0.3, -0.25) is 4.99 Å². The summed E-state index contributed by atoms with van der Waals surface area (Å²) in [7, 11) is 1.79. The van der Waals surface area contributed by atoms with E-state index in [4.69, 9.17) is 0 Å². The lowest BCUT2D eigenvalue weighted by atomic mass is 10.2. The normalized spacial score (nSPS) is 11.4. The smallest absolute Gasteiger partial charge is 0.191 e. The summed E-state index contributed by atoms with van der Waals surface area (Å²) in [5.41, 5.74) is 1.25. The van der Waals surface area contributed by atoms with Crippen LogP contribution < -0.4 is 10.6 Å². The van der Waals surface area contributed by atoms with Crippen molar-refractivity contribution in [2.45, 2.75) is 20.0 Å². The third kappa shape index (κ3) is 4.41. The van der Waals surface area contributed by atoms with Crippen LogP contribution in [0.5, 0.6) is 0 Å². The van der Waals surface area contributed by atoms with Gasteiger partial charge < -0.3 is 10.6 Å². The summed E-state index contributed by atoms with van der Waals surface area (Å²) in [6.07, 6.45) is 0. The zero-order chi connectivity index (χ0) is 13.5. The molecule has 2 aromatic rings. The molecule has 19 heavy (non-hydrogen) atoms. The Morgan fingerprint density at radius 3 is 2.42 bits per heavy atom. The van der Waals surface area contributed by atoms with Crippen LogP contribution in [0.15, 0.2) is 47.5 Å². The van der Waals surface area contributed by atoms with Gasteiger partial charge in [-0.05, 0) is 24.6 Å². The first kappa shape index (κ1) is 13.6. The number of thiophene rings is 1. The van der Waals surface area contributed by atoms with Crippen molar-refractivity contribution in [3.05, 3.63) is 57.8 Å². The summed E-state index contributed by atoms with van der Waals surface area (Å²) in [6, 6.07) is 14.6. The van der Waals surface area contributed by atoms with Gasteiger partial charge in [-0.15, -0.1) is 11.3 Å². The molecular formula is C15H19N3S. The number of hydrogen-bond donors (Lipinski definition) is 2. The second-order valence-electron chi connectivity index (χ2n) is 4.28. The highest BCUT2D eigenvalue weighted by atomic mass is 32.1. The number of nitrogens with one attached hydrogen (secondary N) is 2. The highest BCUT2D eigenvalue weighted by Gasteiger charge is 2.00. The SMILES string of the molecule is CN=C(NCc1ccccc1)NCc1ccc(C)s1. The molecule has 0 atom stereocenters. The molecule has 0 aliphatic carbocycles. The monoisotopic (exact) mass is 273 g/mol. The Hall–Kier alpha value is -1.81. The lowest BCUT2D eigenvalue weighted by molar-refractivity contribution is 0.815. The number of benzene rings is 1. The first-order valence-corrected chi connectivity index (χ1v) is 7.13. The molecule has 100 valence electrons. The minimum atomic E-state index is 0.782. The molecule has 0 saturated heterocycles. The first-order valence-electron chi connectivity index (χ1n) is 6.31. The molecule has 0 aliphatic heterocycles. The molecule has 0 aliphatic rings. The molecule has 0 spiro atoms. The second kappa shape index (κ2) is 6.95. The van der Waals surface area contributed by atoms with Crippen molar-refractivity contribution in [2.75, 3.05) is 7.05 Å². The summed E-state index contributed by atoms with van der Waals surface area (Å²) in [5, 5.41) is 6.62. The van der Waals surface area contributed by atoms with Crippen LogP contribution in [0, 0.1) is 6.92 Å². The van der Waals surface area contributed by atoms with Gasteiger partial charge in [0.05, 0.1) is 6.54 Å². The third-order valence-corrected chi connectivity index (χ3v) is 3.75. The van der Waals surface area contributed by atoms with E-state index in [1.807, 2.05) is 29.5 Å². The van der Waals surface area contributed by atoms with Crippen LogP contribution in [0.3, 0.4) is 0 Å². The fraction of sp³-hybridized carbons (Fsp3) is 0.267. The fourth-order valence-corrected chi connectivity index (χ4v) is 2.58. The van der Waals surface area contributed by atoms with E-state index in [1.54, 1.807) is 7.05 Å². The van der Waals surface area contributed by atoms with Crippen LogP contribution in [0.25, 0.3) is 0 Å². The predicted octanol–water partition coefficient (Wildman–Crippen LogP) is 2.92. The Morgan fingerprint density at radius 1 is 1.05 bits per heavy atom. The minimum Gasteiger partial charge on any atom is -0.352 e. The number of rotatable bonds is 4. The van der Waals surface area contributed by atoms with Gasteiger partial charge in [-0.2, -0.15) is 0 Å². The van der Waals surface area contributed by atoms with E-state index in [1.165, 1.54) is 15.3 Å². The van der Waals surface area contributed by atoms with Crippen LogP contribution in [0.4, 0.5) is 0 Å². The molecule has 1 aromatic carbocycles. The average molecular weight is 273 g/mol. The van der Waals surface area contributed by atoms with Gasteiger partial charge in [0.15, 0.2) is 5.96 Å². The topological polar surface area (TPSA) is 36.4 Å². The van der Waals surface area contributed by atoms with Gasteiger partial charge in [-0.1, -0.05) is 30.3 Å². The van der Waals surface area contributed by atoms with Crippen LogP contribution >= 0.6 is 11.3 Å². The maximum atomic E-state index is 4.22. The van der Waals surface area contributed by atoms with E-state index in [9.17, 15) is 0 Å². The van der Waals surface area contributed by atoms with Crippen molar-refractivity contribution < 1.29 is 0 Å². The summed E-state index contributed by atoms with van der Waals surface area (Å²) in [6.45, 7) is 3.72. The van der Waals surface area contributed by atoms with Crippen LogP contribution in [-0.4, -0.2) is 13.0 Å². The predicted molar refractivity (Wildman–Crippen MR) is 82.5 cm³/mol. The molecule has 3 nitrogen and oxygen atoms in total. The maximum Gasteiger partial charge on any atom is 0.191 e. The minimum absolute atomic E-state index is 0.782. The number of nitrogens with zero attached hydrogens (tertiary/aromatic N) is 1. The highest BCUT2D eigenvalue weighted by Crippen LogP contribution is 2.14. The molecule has 0 unspecified atom stereocenters. The summed E-state index contributed by atoms with van der Waals surface area (Å²) in [4.78, 5) is 6.88. The Morgan fingerprint density at radius 2 is 1.79 bits per heavy atom. The zero-order valence-electron chi connectivity index (χ0n) is 11.3. The largest absolute Gasteiger partial charge is 0.352 e. The highest BCUT2D eigenvalue weighted by molar-refractivity contribution is 7.11. The van der Waals surface area contributed by atoms with Crippen LogP contribution in [0.1, 0.15) is 15.3 Å². The quantitative estimate of drug-likeness (QED) is 0.664. The van der Waals surface area contributed by atoms with E-state index < -0.39 is 0 Å². The standard InChI is InChI=1S/C15H19N3S/c1-12-8-9-14(19-12)11-18-15(16-2)17-10-13-6-4-3-5-7-13/h3-9H,10-11H2,1-2H3,(H2,16,17,18). The number of hydrogen-bond acceptors (Lipinski definition) is 2. The van der Waals surface area contributed by atoms with Gasteiger partial charge in [0, 0.05) is 23.3 Å². The molecule has 2 N–H and O–H groups in total. The molecule has 2 rings (SSSR count). The summed E-state index contributed by atoms with van der Waals surface area (Å²) < 4.78 is 0. The average Bonchev–Trinajstić information content (AvgIpc) is 2.86. The van der Waals surface area contributed by atoms with Crippen molar-refractivity contribution in [1.29, 1.82) is 0 Å². The van der Waals surface area contributed by atoms with Crippen LogP contribution in [-0.2, 0) is 13.1 Å².